The Morgan fingerprint density at radius 1 is 1.25 bits per heavy atom. The quantitative estimate of drug-likeness (QED) is 0.745. The van der Waals surface area contributed by atoms with E-state index in [1.54, 1.807) is 6.07 Å². The molecular weight excluding hydrogens is 295 g/mol. The van der Waals surface area contributed by atoms with E-state index >= 15 is 0 Å². The molecule has 0 heterocycles. The molecule has 4 heteroatoms. The van der Waals surface area contributed by atoms with Crippen LogP contribution in [-0.2, 0) is 11.2 Å². The van der Waals surface area contributed by atoms with E-state index < -0.39 is 5.82 Å². The second kappa shape index (κ2) is 6.91. The number of rotatable bonds is 5. The Balaban J connectivity index is 1.96. The van der Waals surface area contributed by atoms with Crippen molar-refractivity contribution in [3.63, 3.8) is 0 Å². The first-order valence-corrected chi connectivity index (χ1v) is 7.56. The van der Waals surface area contributed by atoms with Gasteiger partial charge in [0.25, 0.3) is 0 Å². The lowest BCUT2D eigenvalue weighted by atomic mass is 10.1. The van der Waals surface area contributed by atoms with Gasteiger partial charge in [-0.05, 0) is 31.2 Å². The van der Waals surface area contributed by atoms with Gasteiger partial charge in [-0.25, -0.2) is 4.39 Å². The highest BCUT2D eigenvalue weighted by atomic mass is 35.5. The lowest BCUT2D eigenvalue weighted by Gasteiger charge is -2.05. The maximum atomic E-state index is 13.6. The molecule has 0 spiro atoms. The third-order valence-corrected chi connectivity index (χ3v) is 4.23. The van der Waals surface area contributed by atoms with Gasteiger partial charge in [-0.15, -0.1) is 11.8 Å². The van der Waals surface area contributed by atoms with Gasteiger partial charge in [0.1, 0.15) is 11.6 Å². The van der Waals surface area contributed by atoms with Crippen LogP contribution in [-0.4, -0.2) is 11.5 Å². The average Bonchev–Trinajstić information content (AvgIpc) is 2.41. The van der Waals surface area contributed by atoms with Crippen molar-refractivity contribution >= 4 is 29.1 Å². The van der Waals surface area contributed by atoms with Gasteiger partial charge in [-0.1, -0.05) is 35.4 Å². The van der Waals surface area contributed by atoms with Crippen LogP contribution in [0.5, 0.6) is 0 Å². The van der Waals surface area contributed by atoms with Crippen LogP contribution < -0.4 is 0 Å². The van der Waals surface area contributed by atoms with Crippen LogP contribution >= 0.6 is 23.4 Å². The molecule has 20 heavy (non-hydrogen) atoms. The molecule has 0 atom stereocenters. The second-order valence-corrected chi connectivity index (χ2v) is 5.98. The summed E-state index contributed by atoms with van der Waals surface area (Å²) >= 11 is 7.37. The SMILES string of the molecule is Cc1cccc(SCC(=O)Cc2c(F)cccc2Cl)c1. The van der Waals surface area contributed by atoms with Crippen molar-refractivity contribution in [1.82, 2.24) is 0 Å². The second-order valence-electron chi connectivity index (χ2n) is 4.52. The summed E-state index contributed by atoms with van der Waals surface area (Å²) in [5, 5.41) is 0.305. The zero-order valence-corrected chi connectivity index (χ0v) is 12.6. The minimum Gasteiger partial charge on any atom is -0.298 e. The molecule has 0 amide bonds. The minimum atomic E-state index is -0.425. The van der Waals surface area contributed by atoms with Gasteiger partial charge in [0.05, 0.1) is 5.75 Å². The molecule has 0 aliphatic carbocycles. The molecule has 0 bridgehead atoms. The van der Waals surface area contributed by atoms with Crippen molar-refractivity contribution < 1.29 is 9.18 Å². The number of thioether (sulfide) groups is 1. The summed E-state index contributed by atoms with van der Waals surface area (Å²) in [5.41, 5.74) is 1.43. The van der Waals surface area contributed by atoms with Crippen LogP contribution in [0.25, 0.3) is 0 Å². The Kier molecular flexibility index (Phi) is 5.21. The van der Waals surface area contributed by atoms with Crippen molar-refractivity contribution in [1.29, 1.82) is 0 Å². The highest BCUT2D eigenvalue weighted by molar-refractivity contribution is 8.00. The fourth-order valence-electron chi connectivity index (χ4n) is 1.82. The molecule has 0 N–H and O–H groups in total. The number of halogens is 2. The fraction of sp³-hybridized carbons (Fsp3) is 0.188. The summed E-state index contributed by atoms with van der Waals surface area (Å²) in [6.45, 7) is 2.00. The van der Waals surface area contributed by atoms with Crippen LogP contribution in [0.2, 0.25) is 5.02 Å². The normalized spacial score (nSPS) is 10.6. The summed E-state index contributed by atoms with van der Waals surface area (Å²) in [5.74, 6) is -0.149. The molecule has 0 aliphatic heterocycles. The Labute approximate surface area is 127 Å². The van der Waals surface area contributed by atoms with Crippen molar-refractivity contribution in [2.75, 3.05) is 5.75 Å². The van der Waals surface area contributed by atoms with E-state index in [2.05, 4.69) is 0 Å². The fourth-order valence-corrected chi connectivity index (χ4v) is 2.92. The molecule has 0 saturated carbocycles. The van der Waals surface area contributed by atoms with Crippen molar-refractivity contribution in [3.05, 3.63) is 64.4 Å². The smallest absolute Gasteiger partial charge is 0.147 e. The van der Waals surface area contributed by atoms with Crippen LogP contribution in [0, 0.1) is 12.7 Å². The lowest BCUT2D eigenvalue weighted by molar-refractivity contribution is -0.116. The summed E-state index contributed by atoms with van der Waals surface area (Å²) in [6, 6.07) is 12.4. The third-order valence-electron chi connectivity index (χ3n) is 2.82. The lowest BCUT2D eigenvalue weighted by Crippen LogP contribution is -2.07. The van der Waals surface area contributed by atoms with Gasteiger partial charge in [0, 0.05) is 21.9 Å². The zero-order chi connectivity index (χ0) is 14.5. The Morgan fingerprint density at radius 3 is 2.70 bits per heavy atom. The molecule has 0 fully saturated rings. The first-order valence-electron chi connectivity index (χ1n) is 6.20. The van der Waals surface area contributed by atoms with E-state index in [4.69, 9.17) is 11.6 Å². The van der Waals surface area contributed by atoms with E-state index in [0.29, 0.717) is 10.8 Å². The molecule has 0 aliphatic rings. The summed E-state index contributed by atoms with van der Waals surface area (Å²) in [6.07, 6.45) is 0.0321. The van der Waals surface area contributed by atoms with Crippen LogP contribution in [0.4, 0.5) is 4.39 Å². The summed E-state index contributed by atoms with van der Waals surface area (Å²) in [7, 11) is 0. The van der Waals surface area contributed by atoms with E-state index in [1.165, 1.54) is 23.9 Å². The Morgan fingerprint density at radius 2 is 2.00 bits per heavy atom. The number of hydrogen-bond donors (Lipinski definition) is 0. The standard InChI is InChI=1S/C16H14ClFOS/c1-11-4-2-5-13(8-11)20-10-12(19)9-14-15(17)6-3-7-16(14)18/h2-8H,9-10H2,1H3. The predicted octanol–water partition coefficient (Wildman–Crippen LogP) is 4.69. The minimum absolute atomic E-state index is 0.0321. The topological polar surface area (TPSA) is 17.1 Å². The van der Waals surface area contributed by atoms with Gasteiger partial charge < -0.3 is 0 Å². The molecule has 0 radical (unpaired) electrons. The van der Waals surface area contributed by atoms with E-state index in [-0.39, 0.29) is 17.8 Å². The number of carbonyl (C=O) groups excluding carboxylic acids is 1. The van der Waals surface area contributed by atoms with Crippen LogP contribution in [0.1, 0.15) is 11.1 Å². The molecule has 2 rings (SSSR count). The van der Waals surface area contributed by atoms with Gasteiger partial charge in [-0.3, -0.25) is 4.79 Å². The number of aryl methyl sites for hydroxylation is 1. The van der Waals surface area contributed by atoms with Crippen molar-refractivity contribution in [2.45, 2.75) is 18.2 Å². The molecule has 2 aromatic rings. The van der Waals surface area contributed by atoms with Crippen molar-refractivity contribution in [2.24, 2.45) is 0 Å². The highest BCUT2D eigenvalue weighted by Crippen LogP contribution is 2.22. The average molecular weight is 309 g/mol. The molecule has 0 saturated heterocycles. The molecule has 0 aromatic heterocycles. The third kappa shape index (κ3) is 4.09. The summed E-state index contributed by atoms with van der Waals surface area (Å²) < 4.78 is 13.6. The highest BCUT2D eigenvalue weighted by Gasteiger charge is 2.12. The Bertz CT molecular complexity index is 607. The van der Waals surface area contributed by atoms with Gasteiger partial charge in [0.2, 0.25) is 0 Å². The number of Topliss-reactive ketones (excluding diaryl/α,β-unsaturated/α-hetero) is 1. The van der Waals surface area contributed by atoms with Crippen LogP contribution in [0.3, 0.4) is 0 Å². The van der Waals surface area contributed by atoms with E-state index in [0.717, 1.165) is 10.5 Å². The maximum absolute atomic E-state index is 13.6. The molecular formula is C16H14ClFOS. The molecule has 0 unspecified atom stereocenters. The molecule has 104 valence electrons. The number of hydrogen-bond acceptors (Lipinski definition) is 2. The monoisotopic (exact) mass is 308 g/mol. The first-order chi connectivity index (χ1) is 9.56. The van der Waals surface area contributed by atoms with Gasteiger partial charge >= 0.3 is 0 Å². The number of ketones is 1. The van der Waals surface area contributed by atoms with Gasteiger partial charge in [-0.2, -0.15) is 0 Å². The summed E-state index contributed by atoms with van der Waals surface area (Å²) in [4.78, 5) is 13.0. The molecule has 2 aromatic carbocycles. The predicted molar refractivity (Wildman–Crippen MR) is 82.0 cm³/mol. The van der Waals surface area contributed by atoms with E-state index in [1.807, 2.05) is 31.2 Å². The van der Waals surface area contributed by atoms with Gasteiger partial charge in [0.15, 0.2) is 0 Å². The Hall–Kier alpha value is -1.32. The van der Waals surface area contributed by atoms with Crippen LogP contribution in [0.15, 0.2) is 47.4 Å². The first kappa shape index (κ1) is 15.1. The zero-order valence-electron chi connectivity index (χ0n) is 11.0. The number of carbonyl (C=O) groups is 1. The molecule has 1 nitrogen and oxygen atoms in total. The number of benzene rings is 2. The van der Waals surface area contributed by atoms with E-state index in [9.17, 15) is 9.18 Å². The largest absolute Gasteiger partial charge is 0.298 e. The maximum Gasteiger partial charge on any atom is 0.147 e. The van der Waals surface area contributed by atoms with Crippen molar-refractivity contribution in [3.8, 4) is 0 Å².